The summed E-state index contributed by atoms with van der Waals surface area (Å²) in [5.41, 5.74) is 0.986. The van der Waals surface area contributed by atoms with Gasteiger partial charge in [0.05, 0.1) is 0 Å². The van der Waals surface area contributed by atoms with Gasteiger partial charge in [-0.1, -0.05) is 6.07 Å². The summed E-state index contributed by atoms with van der Waals surface area (Å²) in [6.07, 6.45) is 0. The molecule has 0 heterocycles. The lowest BCUT2D eigenvalue weighted by atomic mass is 10.1. The third-order valence-electron chi connectivity index (χ3n) is 2.26. The summed E-state index contributed by atoms with van der Waals surface area (Å²) < 4.78 is 0. The van der Waals surface area contributed by atoms with Gasteiger partial charge in [0, 0.05) is 6.04 Å². The van der Waals surface area contributed by atoms with Crippen molar-refractivity contribution in [1.29, 1.82) is 0 Å². The Hall–Kier alpha value is -0.930. The Morgan fingerprint density at radius 2 is 1.71 bits per heavy atom. The summed E-state index contributed by atoms with van der Waals surface area (Å²) in [5.74, 6) is -0.138. The van der Waals surface area contributed by atoms with Crippen molar-refractivity contribution in [2.75, 3.05) is 14.1 Å². The zero-order chi connectivity index (χ0) is 10.0. The number of hydrogen-bond acceptors (Lipinski definition) is 3. The molecule has 80 valence electrons. The van der Waals surface area contributed by atoms with Crippen LogP contribution in [0.3, 0.4) is 0 Å². The molecule has 0 fully saturated rings. The van der Waals surface area contributed by atoms with Crippen LogP contribution in [0, 0.1) is 0 Å². The summed E-state index contributed by atoms with van der Waals surface area (Å²) >= 11 is 0. The molecule has 1 unspecified atom stereocenters. The Kier molecular flexibility index (Phi) is 4.74. The van der Waals surface area contributed by atoms with Gasteiger partial charge in [0.25, 0.3) is 0 Å². The lowest BCUT2D eigenvalue weighted by molar-refractivity contribution is 0.319. The Bertz CT molecular complexity index is 302. The summed E-state index contributed by atoms with van der Waals surface area (Å²) in [6, 6.07) is 5.12. The number of nitrogens with zero attached hydrogens (tertiary/aromatic N) is 1. The highest BCUT2D eigenvalue weighted by Crippen LogP contribution is 2.28. The van der Waals surface area contributed by atoms with Crippen LogP contribution in [0.4, 0.5) is 0 Å². The van der Waals surface area contributed by atoms with E-state index in [0.29, 0.717) is 0 Å². The van der Waals surface area contributed by atoms with E-state index in [1.54, 1.807) is 12.1 Å². The quantitative estimate of drug-likeness (QED) is 0.746. The minimum Gasteiger partial charge on any atom is -0.504 e. The summed E-state index contributed by atoms with van der Waals surface area (Å²) in [4.78, 5) is 2.03. The maximum atomic E-state index is 9.26. The van der Waals surface area contributed by atoms with Crippen molar-refractivity contribution in [2.45, 2.75) is 13.0 Å². The van der Waals surface area contributed by atoms with Gasteiger partial charge < -0.3 is 15.1 Å². The van der Waals surface area contributed by atoms with E-state index < -0.39 is 0 Å². The first kappa shape index (κ1) is 13.1. The average Bonchev–Trinajstić information content (AvgIpc) is 2.08. The highest BCUT2D eigenvalue weighted by atomic mass is 35.5. The highest BCUT2D eigenvalue weighted by molar-refractivity contribution is 5.85. The molecule has 1 rings (SSSR count). The van der Waals surface area contributed by atoms with Crippen LogP contribution in [0.2, 0.25) is 0 Å². The van der Waals surface area contributed by atoms with Crippen LogP contribution in [0.5, 0.6) is 11.5 Å². The molecule has 0 saturated carbocycles. The van der Waals surface area contributed by atoms with E-state index in [-0.39, 0.29) is 29.9 Å². The summed E-state index contributed by atoms with van der Waals surface area (Å²) in [6.45, 7) is 2.03. The molecule has 2 N–H and O–H groups in total. The van der Waals surface area contributed by atoms with E-state index in [4.69, 9.17) is 5.11 Å². The van der Waals surface area contributed by atoms with Crippen molar-refractivity contribution in [2.24, 2.45) is 0 Å². The van der Waals surface area contributed by atoms with Gasteiger partial charge in [0.15, 0.2) is 11.5 Å². The van der Waals surface area contributed by atoms with Crippen LogP contribution in [0.15, 0.2) is 18.2 Å². The molecule has 0 aliphatic heterocycles. The third kappa shape index (κ3) is 2.79. The second kappa shape index (κ2) is 5.08. The predicted octanol–water partition coefficient (Wildman–Crippen LogP) is 2.14. The first-order valence-corrected chi connectivity index (χ1v) is 4.20. The monoisotopic (exact) mass is 217 g/mol. The van der Waals surface area contributed by atoms with Crippen LogP contribution in [0.25, 0.3) is 0 Å². The molecule has 3 nitrogen and oxygen atoms in total. The van der Waals surface area contributed by atoms with Gasteiger partial charge >= 0.3 is 0 Å². The number of hydrogen-bond donors (Lipinski definition) is 2. The number of phenolic OH excluding ortho intramolecular Hbond substituents is 2. The van der Waals surface area contributed by atoms with Gasteiger partial charge in [-0.25, -0.2) is 0 Å². The number of phenols is 2. The van der Waals surface area contributed by atoms with E-state index in [9.17, 15) is 5.11 Å². The molecule has 0 bridgehead atoms. The molecule has 1 atom stereocenters. The van der Waals surface area contributed by atoms with Crippen molar-refractivity contribution in [3.63, 3.8) is 0 Å². The molecule has 0 aromatic heterocycles. The van der Waals surface area contributed by atoms with Gasteiger partial charge in [-0.05, 0) is 38.7 Å². The van der Waals surface area contributed by atoms with Crippen molar-refractivity contribution < 1.29 is 10.2 Å². The van der Waals surface area contributed by atoms with E-state index in [0.717, 1.165) is 5.56 Å². The largest absolute Gasteiger partial charge is 0.504 e. The summed E-state index contributed by atoms with van der Waals surface area (Å²) in [5, 5.41) is 18.4. The van der Waals surface area contributed by atoms with E-state index in [2.05, 4.69) is 0 Å². The molecule has 1 aromatic rings. The van der Waals surface area contributed by atoms with Crippen molar-refractivity contribution in [3.05, 3.63) is 23.8 Å². The first-order chi connectivity index (χ1) is 6.02. The molecule has 14 heavy (non-hydrogen) atoms. The molecular formula is C10H16ClNO2. The summed E-state index contributed by atoms with van der Waals surface area (Å²) in [7, 11) is 3.93. The second-order valence-electron chi connectivity index (χ2n) is 3.39. The lowest BCUT2D eigenvalue weighted by Gasteiger charge is -2.20. The molecule has 0 radical (unpaired) electrons. The van der Waals surface area contributed by atoms with Crippen LogP contribution >= 0.6 is 12.4 Å². The maximum absolute atomic E-state index is 9.26. The Morgan fingerprint density at radius 3 is 2.14 bits per heavy atom. The molecule has 0 aliphatic rings. The third-order valence-corrected chi connectivity index (χ3v) is 2.26. The Balaban J connectivity index is 0.00000169. The molecule has 0 spiro atoms. The normalized spacial score (nSPS) is 12.3. The van der Waals surface area contributed by atoms with Gasteiger partial charge in [-0.3, -0.25) is 0 Å². The SMILES string of the molecule is CC(c1ccc(O)c(O)c1)N(C)C.Cl. The Morgan fingerprint density at radius 1 is 1.14 bits per heavy atom. The van der Waals surface area contributed by atoms with Crippen molar-refractivity contribution in [1.82, 2.24) is 4.90 Å². The van der Waals surface area contributed by atoms with Crippen LogP contribution in [-0.2, 0) is 0 Å². The minimum absolute atomic E-state index is 0. The van der Waals surface area contributed by atoms with Crippen molar-refractivity contribution >= 4 is 12.4 Å². The second-order valence-corrected chi connectivity index (χ2v) is 3.39. The van der Waals surface area contributed by atoms with E-state index in [1.807, 2.05) is 25.9 Å². The van der Waals surface area contributed by atoms with E-state index >= 15 is 0 Å². The molecule has 0 aliphatic carbocycles. The fourth-order valence-electron chi connectivity index (χ4n) is 1.10. The maximum Gasteiger partial charge on any atom is 0.157 e. The topological polar surface area (TPSA) is 43.7 Å². The molecule has 0 amide bonds. The number of aromatic hydroxyl groups is 2. The fourth-order valence-corrected chi connectivity index (χ4v) is 1.10. The molecule has 1 aromatic carbocycles. The van der Waals surface area contributed by atoms with Crippen LogP contribution in [-0.4, -0.2) is 29.2 Å². The molecule has 0 saturated heterocycles. The highest BCUT2D eigenvalue weighted by Gasteiger charge is 2.09. The predicted molar refractivity (Wildman–Crippen MR) is 59.1 cm³/mol. The zero-order valence-electron chi connectivity index (χ0n) is 8.56. The van der Waals surface area contributed by atoms with Gasteiger partial charge in [-0.2, -0.15) is 0 Å². The van der Waals surface area contributed by atoms with Crippen molar-refractivity contribution in [3.8, 4) is 11.5 Å². The fraction of sp³-hybridized carbons (Fsp3) is 0.400. The van der Waals surface area contributed by atoms with Gasteiger partial charge in [-0.15, -0.1) is 12.4 Å². The van der Waals surface area contributed by atoms with E-state index in [1.165, 1.54) is 6.07 Å². The Labute approximate surface area is 90.4 Å². The number of rotatable bonds is 2. The first-order valence-electron chi connectivity index (χ1n) is 4.20. The van der Waals surface area contributed by atoms with Gasteiger partial charge in [0.2, 0.25) is 0 Å². The van der Waals surface area contributed by atoms with Crippen LogP contribution < -0.4 is 0 Å². The minimum atomic E-state index is -0.0743. The smallest absolute Gasteiger partial charge is 0.157 e. The molecule has 4 heteroatoms. The lowest BCUT2D eigenvalue weighted by Crippen LogP contribution is -2.16. The average molecular weight is 218 g/mol. The number of benzene rings is 1. The molecular weight excluding hydrogens is 202 g/mol. The number of halogens is 1. The zero-order valence-corrected chi connectivity index (χ0v) is 9.38. The van der Waals surface area contributed by atoms with Gasteiger partial charge in [0.1, 0.15) is 0 Å². The standard InChI is InChI=1S/C10H15NO2.ClH/c1-7(11(2)3)8-4-5-9(12)10(13)6-8;/h4-7,12-13H,1-3H3;1H. The van der Waals surface area contributed by atoms with Crippen LogP contribution in [0.1, 0.15) is 18.5 Å².